The molecule has 2 fully saturated rings. The van der Waals surface area contributed by atoms with E-state index in [-0.39, 0.29) is 0 Å². The average molecular weight is 168 g/mol. The van der Waals surface area contributed by atoms with Gasteiger partial charge in [0.1, 0.15) is 0 Å². The number of hydrogen-bond acceptors (Lipinski definition) is 1. The molecule has 0 aromatic heterocycles. The molecule has 2 aliphatic rings. The molecule has 1 N–H and O–H groups in total. The van der Waals surface area contributed by atoms with Gasteiger partial charge in [-0.2, -0.15) is 0 Å². The molecule has 2 aliphatic carbocycles. The molecule has 0 aromatic carbocycles. The predicted molar refractivity (Wildman–Crippen MR) is 45.8 cm³/mol. The van der Waals surface area contributed by atoms with Gasteiger partial charge in [0, 0.05) is 0 Å². The van der Waals surface area contributed by atoms with Crippen molar-refractivity contribution < 1.29 is 9.90 Å². The zero-order chi connectivity index (χ0) is 8.77. The Labute approximate surface area is 73.0 Å². The molecule has 0 spiro atoms. The van der Waals surface area contributed by atoms with Crippen LogP contribution in [0.3, 0.4) is 0 Å². The highest BCUT2D eigenvalue weighted by Gasteiger charge is 2.45. The summed E-state index contributed by atoms with van der Waals surface area (Å²) >= 11 is 0. The first-order valence-electron chi connectivity index (χ1n) is 4.83. The fourth-order valence-electron chi connectivity index (χ4n) is 3.08. The van der Waals surface area contributed by atoms with Gasteiger partial charge in [0.25, 0.3) is 0 Å². The first-order valence-corrected chi connectivity index (χ1v) is 4.83. The first-order chi connectivity index (χ1) is 5.60. The van der Waals surface area contributed by atoms with Crippen LogP contribution in [0.5, 0.6) is 0 Å². The summed E-state index contributed by atoms with van der Waals surface area (Å²) in [5, 5.41) is 9.06. The third-order valence-electron chi connectivity index (χ3n) is 3.64. The number of carbonyl (C=O) groups is 1. The largest absolute Gasteiger partial charge is 0.481 e. The third-order valence-corrected chi connectivity index (χ3v) is 3.64. The Morgan fingerprint density at radius 2 is 1.83 bits per heavy atom. The summed E-state index contributed by atoms with van der Waals surface area (Å²) in [6.45, 7) is 1.92. The Morgan fingerprint density at radius 1 is 1.33 bits per heavy atom. The number of carboxylic acid groups (broad SMARTS) is 1. The van der Waals surface area contributed by atoms with Crippen molar-refractivity contribution in [3.63, 3.8) is 0 Å². The molecule has 0 amide bonds. The predicted octanol–water partition coefficient (Wildman–Crippen LogP) is 2.29. The zero-order valence-corrected chi connectivity index (χ0v) is 7.55. The van der Waals surface area contributed by atoms with Crippen molar-refractivity contribution in [2.45, 2.75) is 39.0 Å². The molecule has 2 saturated carbocycles. The van der Waals surface area contributed by atoms with Crippen molar-refractivity contribution in [2.24, 2.45) is 17.3 Å². The van der Waals surface area contributed by atoms with Crippen LogP contribution in [0.25, 0.3) is 0 Å². The van der Waals surface area contributed by atoms with Crippen LogP contribution < -0.4 is 0 Å². The molecule has 0 saturated heterocycles. The van der Waals surface area contributed by atoms with Crippen LogP contribution in [0.1, 0.15) is 39.0 Å². The van der Waals surface area contributed by atoms with Gasteiger partial charge in [-0.15, -0.1) is 0 Å². The van der Waals surface area contributed by atoms with Crippen LogP contribution in [0.4, 0.5) is 0 Å². The van der Waals surface area contributed by atoms with Crippen molar-refractivity contribution in [2.75, 3.05) is 0 Å². The highest BCUT2D eigenvalue weighted by molar-refractivity contribution is 5.74. The average Bonchev–Trinajstić information content (AvgIpc) is 2.30. The van der Waals surface area contributed by atoms with Gasteiger partial charge in [-0.3, -0.25) is 4.79 Å². The van der Waals surface area contributed by atoms with E-state index in [2.05, 4.69) is 0 Å². The van der Waals surface area contributed by atoms with Crippen LogP contribution in [-0.2, 0) is 4.79 Å². The minimum atomic E-state index is -0.584. The third kappa shape index (κ3) is 1.13. The van der Waals surface area contributed by atoms with E-state index < -0.39 is 11.4 Å². The van der Waals surface area contributed by atoms with Crippen molar-refractivity contribution in [1.82, 2.24) is 0 Å². The molecule has 2 nitrogen and oxygen atoms in total. The van der Waals surface area contributed by atoms with Crippen LogP contribution >= 0.6 is 0 Å². The highest BCUT2D eigenvalue weighted by Crippen LogP contribution is 2.50. The summed E-state index contributed by atoms with van der Waals surface area (Å²) in [4.78, 5) is 11.0. The van der Waals surface area contributed by atoms with Gasteiger partial charge in [-0.1, -0.05) is 12.8 Å². The van der Waals surface area contributed by atoms with Gasteiger partial charge < -0.3 is 5.11 Å². The summed E-state index contributed by atoms with van der Waals surface area (Å²) in [6.07, 6.45) is 5.67. The molecule has 0 radical (unpaired) electrons. The Hall–Kier alpha value is -0.530. The van der Waals surface area contributed by atoms with Gasteiger partial charge in [-0.25, -0.2) is 0 Å². The molecule has 0 aromatic rings. The minimum absolute atomic E-state index is 0.399. The number of hydrogen-bond donors (Lipinski definition) is 1. The molecule has 68 valence electrons. The maximum absolute atomic E-state index is 11.0. The quantitative estimate of drug-likeness (QED) is 0.652. The van der Waals surface area contributed by atoms with Gasteiger partial charge in [0.15, 0.2) is 0 Å². The number of fused-ring (bicyclic) bond motifs is 2. The summed E-state index contributed by atoms with van der Waals surface area (Å²) < 4.78 is 0. The summed E-state index contributed by atoms with van der Waals surface area (Å²) in [5.74, 6) is 0.841. The fourth-order valence-corrected chi connectivity index (χ4v) is 3.08. The molecule has 2 heteroatoms. The van der Waals surface area contributed by atoms with E-state index in [9.17, 15) is 4.79 Å². The summed E-state index contributed by atoms with van der Waals surface area (Å²) in [7, 11) is 0. The molecular weight excluding hydrogens is 152 g/mol. The minimum Gasteiger partial charge on any atom is -0.481 e. The van der Waals surface area contributed by atoms with Crippen LogP contribution in [0.2, 0.25) is 0 Å². The molecule has 12 heavy (non-hydrogen) atoms. The Morgan fingerprint density at radius 3 is 2.25 bits per heavy atom. The molecular formula is C10H16O2. The van der Waals surface area contributed by atoms with E-state index in [1.54, 1.807) is 0 Å². The maximum atomic E-state index is 11.0. The lowest BCUT2D eigenvalue weighted by Gasteiger charge is -2.33. The van der Waals surface area contributed by atoms with E-state index in [0.717, 1.165) is 12.8 Å². The monoisotopic (exact) mass is 168 g/mol. The maximum Gasteiger partial charge on any atom is 0.309 e. The molecule has 0 aliphatic heterocycles. The summed E-state index contributed by atoms with van der Waals surface area (Å²) in [6, 6.07) is 0. The van der Waals surface area contributed by atoms with E-state index in [4.69, 9.17) is 5.11 Å². The number of rotatable bonds is 1. The SMILES string of the molecule is CC1(C(=O)O)CC2CCC(C2)C1. The Balaban J connectivity index is 2.15. The van der Waals surface area contributed by atoms with Crippen LogP contribution in [0, 0.1) is 17.3 Å². The van der Waals surface area contributed by atoms with Gasteiger partial charge in [0.2, 0.25) is 0 Å². The van der Waals surface area contributed by atoms with Gasteiger partial charge in [0.05, 0.1) is 5.41 Å². The zero-order valence-electron chi connectivity index (χ0n) is 7.55. The van der Waals surface area contributed by atoms with Crippen molar-refractivity contribution in [3.8, 4) is 0 Å². The molecule has 2 rings (SSSR count). The van der Waals surface area contributed by atoms with Crippen LogP contribution in [0.15, 0.2) is 0 Å². The second-order valence-corrected chi connectivity index (χ2v) is 4.82. The Kier molecular flexibility index (Phi) is 1.67. The van der Waals surface area contributed by atoms with E-state index in [1.165, 1.54) is 19.3 Å². The first kappa shape index (κ1) is 8.09. The Bertz CT molecular complexity index is 198. The van der Waals surface area contributed by atoms with E-state index >= 15 is 0 Å². The van der Waals surface area contributed by atoms with Crippen LogP contribution in [-0.4, -0.2) is 11.1 Å². The second-order valence-electron chi connectivity index (χ2n) is 4.82. The number of aliphatic carboxylic acids is 1. The summed E-state index contributed by atoms with van der Waals surface area (Å²) in [5.41, 5.74) is -0.399. The normalized spacial score (nSPS) is 46.1. The highest BCUT2D eigenvalue weighted by atomic mass is 16.4. The standard InChI is InChI=1S/C10H16O2/c1-10(9(11)12)5-7-2-3-8(4-7)6-10/h7-8H,2-6H2,1H3,(H,11,12). The second kappa shape index (κ2) is 2.48. The molecule has 2 unspecified atom stereocenters. The van der Waals surface area contributed by atoms with E-state index in [0.29, 0.717) is 11.8 Å². The lowest BCUT2D eigenvalue weighted by atomic mass is 9.70. The number of carboxylic acids is 1. The fraction of sp³-hybridized carbons (Fsp3) is 0.900. The molecule has 2 bridgehead atoms. The molecule has 0 heterocycles. The van der Waals surface area contributed by atoms with Gasteiger partial charge in [-0.05, 0) is 38.0 Å². The van der Waals surface area contributed by atoms with Crippen molar-refractivity contribution in [3.05, 3.63) is 0 Å². The topological polar surface area (TPSA) is 37.3 Å². The van der Waals surface area contributed by atoms with E-state index in [1.807, 2.05) is 6.92 Å². The molecule has 2 atom stereocenters. The van der Waals surface area contributed by atoms with Gasteiger partial charge >= 0.3 is 5.97 Å². The van der Waals surface area contributed by atoms with Crippen molar-refractivity contribution in [1.29, 1.82) is 0 Å². The lowest BCUT2D eigenvalue weighted by Crippen LogP contribution is -2.34. The lowest BCUT2D eigenvalue weighted by molar-refractivity contribution is -0.151. The smallest absolute Gasteiger partial charge is 0.309 e. The van der Waals surface area contributed by atoms with Crippen molar-refractivity contribution >= 4 is 5.97 Å².